The van der Waals surface area contributed by atoms with E-state index in [2.05, 4.69) is 26.0 Å². The molecule has 0 fully saturated rings. The molecule has 0 unspecified atom stereocenters. The number of hydrogen-bond acceptors (Lipinski definition) is 3. The summed E-state index contributed by atoms with van der Waals surface area (Å²) in [6.45, 7) is 3.22. The first-order chi connectivity index (χ1) is 7.02. The molecule has 6 heteroatoms. The number of Topliss-reactive ketones (excluding diaryl/α,β-unsaturated/α-hetero) is 1. The second-order valence-corrected chi connectivity index (χ2v) is 4.02. The molecule has 0 bridgehead atoms. The molecule has 0 spiro atoms. The minimum atomic E-state index is -0.258. The first-order valence-corrected chi connectivity index (χ1v) is 5.08. The molecular weight excluding hydrogens is 262 g/mol. The number of hydrogen-bond donors (Lipinski definition) is 1. The predicted octanol–water partition coefficient (Wildman–Crippen LogP) is 1.30. The lowest BCUT2D eigenvalue weighted by molar-refractivity contribution is 0.101. The van der Waals surface area contributed by atoms with Gasteiger partial charge in [-0.15, -0.1) is 0 Å². The fourth-order valence-electron chi connectivity index (χ4n) is 1.45. The van der Waals surface area contributed by atoms with Crippen molar-refractivity contribution in [1.29, 1.82) is 0 Å². The molecule has 0 aliphatic rings. The first-order valence-electron chi connectivity index (χ1n) is 4.29. The minimum Gasteiger partial charge on any atom is -0.294 e. The van der Waals surface area contributed by atoms with Crippen LogP contribution in [0.1, 0.15) is 23.0 Å². The Hall–Kier alpha value is -1.43. The molecule has 0 saturated heterocycles. The Morgan fingerprint density at radius 2 is 2.27 bits per heavy atom. The van der Waals surface area contributed by atoms with Crippen LogP contribution in [-0.2, 0) is 0 Å². The number of halogens is 1. The van der Waals surface area contributed by atoms with Crippen LogP contribution in [0.4, 0.5) is 0 Å². The predicted molar refractivity (Wildman–Crippen MR) is 58.3 cm³/mol. The molecule has 0 atom stereocenters. The van der Waals surface area contributed by atoms with Gasteiger partial charge in [-0.1, -0.05) is 0 Å². The number of aromatic nitrogens is 3. The van der Waals surface area contributed by atoms with Crippen molar-refractivity contribution in [2.75, 3.05) is 0 Å². The van der Waals surface area contributed by atoms with Crippen LogP contribution in [0.2, 0.25) is 0 Å². The van der Waals surface area contributed by atoms with Gasteiger partial charge in [0.2, 0.25) is 0 Å². The standard InChI is InChI=1S/C9H8BrN3O2/c1-4-6(5(2)14)3-11-8-7(10)9(15)12-13(4)8/h3H,1-2H3,(H,12,15). The molecule has 0 aliphatic carbocycles. The number of aromatic amines is 1. The number of aryl methyl sites for hydroxylation is 1. The molecule has 0 amide bonds. The molecule has 5 nitrogen and oxygen atoms in total. The van der Waals surface area contributed by atoms with E-state index in [0.717, 1.165) is 0 Å². The highest BCUT2D eigenvalue weighted by Gasteiger charge is 2.13. The lowest BCUT2D eigenvalue weighted by atomic mass is 10.2. The monoisotopic (exact) mass is 269 g/mol. The summed E-state index contributed by atoms with van der Waals surface area (Å²) in [7, 11) is 0. The lowest BCUT2D eigenvalue weighted by Crippen LogP contribution is -2.07. The molecule has 0 saturated carbocycles. The summed E-state index contributed by atoms with van der Waals surface area (Å²) in [5.41, 5.74) is 1.41. The van der Waals surface area contributed by atoms with Gasteiger partial charge in [0.15, 0.2) is 11.4 Å². The highest BCUT2D eigenvalue weighted by Crippen LogP contribution is 2.14. The Bertz CT molecular complexity index is 612. The average molecular weight is 270 g/mol. The smallest absolute Gasteiger partial charge is 0.281 e. The molecule has 2 aromatic rings. The van der Waals surface area contributed by atoms with Crippen molar-refractivity contribution < 1.29 is 4.79 Å². The molecule has 2 heterocycles. The van der Waals surface area contributed by atoms with Crippen LogP contribution in [-0.4, -0.2) is 20.4 Å². The zero-order valence-electron chi connectivity index (χ0n) is 8.17. The maximum absolute atomic E-state index is 11.3. The fourth-order valence-corrected chi connectivity index (χ4v) is 1.81. The van der Waals surface area contributed by atoms with Crippen molar-refractivity contribution in [3.8, 4) is 0 Å². The molecule has 1 N–H and O–H groups in total. The molecule has 78 valence electrons. The van der Waals surface area contributed by atoms with Crippen LogP contribution in [0.25, 0.3) is 5.65 Å². The first kappa shape index (κ1) is 10.1. The Morgan fingerprint density at radius 3 is 2.87 bits per heavy atom. The van der Waals surface area contributed by atoms with Gasteiger partial charge in [-0.2, -0.15) is 0 Å². The number of nitrogens with one attached hydrogen (secondary N) is 1. The Balaban J connectivity index is 2.92. The third-order valence-corrected chi connectivity index (χ3v) is 2.96. The summed E-state index contributed by atoms with van der Waals surface area (Å²) in [5, 5.41) is 2.59. The maximum atomic E-state index is 11.3. The highest BCUT2D eigenvalue weighted by molar-refractivity contribution is 9.10. The topological polar surface area (TPSA) is 67.2 Å². The minimum absolute atomic E-state index is 0.0763. The van der Waals surface area contributed by atoms with Crippen LogP contribution in [0.15, 0.2) is 15.5 Å². The van der Waals surface area contributed by atoms with E-state index in [4.69, 9.17) is 0 Å². The summed E-state index contributed by atoms with van der Waals surface area (Å²) in [4.78, 5) is 26.6. The van der Waals surface area contributed by atoms with Crippen molar-refractivity contribution in [1.82, 2.24) is 14.6 Å². The second-order valence-electron chi connectivity index (χ2n) is 3.23. The quantitative estimate of drug-likeness (QED) is 0.794. The SMILES string of the molecule is CC(=O)c1cnc2c(Br)c(=O)[nH]n2c1C. The van der Waals surface area contributed by atoms with Crippen molar-refractivity contribution in [2.24, 2.45) is 0 Å². The van der Waals surface area contributed by atoms with Gasteiger partial charge in [0.1, 0.15) is 4.47 Å². The van der Waals surface area contributed by atoms with Gasteiger partial charge in [0, 0.05) is 6.20 Å². The van der Waals surface area contributed by atoms with Crippen LogP contribution in [0.5, 0.6) is 0 Å². The van der Waals surface area contributed by atoms with Gasteiger partial charge >= 0.3 is 0 Å². The summed E-state index contributed by atoms with van der Waals surface area (Å²) < 4.78 is 1.88. The number of H-pyrrole nitrogens is 1. The molecule has 0 aromatic carbocycles. The van der Waals surface area contributed by atoms with Crippen molar-refractivity contribution in [3.63, 3.8) is 0 Å². The second kappa shape index (κ2) is 3.30. The highest BCUT2D eigenvalue weighted by atomic mass is 79.9. The van der Waals surface area contributed by atoms with E-state index < -0.39 is 0 Å². The van der Waals surface area contributed by atoms with Gasteiger partial charge in [0.25, 0.3) is 5.56 Å². The lowest BCUT2D eigenvalue weighted by Gasteiger charge is -2.03. The van der Waals surface area contributed by atoms with Gasteiger partial charge in [-0.3, -0.25) is 14.7 Å². The summed E-state index contributed by atoms with van der Waals surface area (Å²) in [6.07, 6.45) is 1.48. The van der Waals surface area contributed by atoms with Crippen LogP contribution < -0.4 is 5.56 Å². The van der Waals surface area contributed by atoms with Crippen molar-refractivity contribution in [3.05, 3.63) is 32.3 Å². The Labute approximate surface area is 93.2 Å². The van der Waals surface area contributed by atoms with Gasteiger partial charge in [-0.25, -0.2) is 9.50 Å². The molecule has 0 aliphatic heterocycles. The fraction of sp³-hybridized carbons (Fsp3) is 0.222. The maximum Gasteiger partial charge on any atom is 0.281 e. The van der Waals surface area contributed by atoms with Crippen LogP contribution >= 0.6 is 15.9 Å². The van der Waals surface area contributed by atoms with Gasteiger partial charge in [0.05, 0.1) is 11.3 Å². The molecule has 0 radical (unpaired) electrons. The normalized spacial score (nSPS) is 10.9. The van der Waals surface area contributed by atoms with E-state index in [9.17, 15) is 9.59 Å². The van der Waals surface area contributed by atoms with Crippen molar-refractivity contribution in [2.45, 2.75) is 13.8 Å². The largest absolute Gasteiger partial charge is 0.294 e. The molecule has 15 heavy (non-hydrogen) atoms. The third kappa shape index (κ3) is 1.41. The molecule has 2 rings (SSSR count). The van der Waals surface area contributed by atoms with E-state index >= 15 is 0 Å². The van der Waals surface area contributed by atoms with E-state index in [1.54, 1.807) is 6.92 Å². The summed E-state index contributed by atoms with van der Waals surface area (Å²) >= 11 is 3.13. The molecular formula is C9H8BrN3O2. The van der Waals surface area contributed by atoms with Crippen molar-refractivity contribution >= 4 is 27.4 Å². The van der Waals surface area contributed by atoms with Gasteiger partial charge < -0.3 is 0 Å². The average Bonchev–Trinajstić information content (AvgIpc) is 2.45. The van der Waals surface area contributed by atoms with Crippen LogP contribution in [0, 0.1) is 6.92 Å². The zero-order valence-corrected chi connectivity index (χ0v) is 9.75. The number of rotatable bonds is 1. The van der Waals surface area contributed by atoms with Gasteiger partial charge in [-0.05, 0) is 29.8 Å². The van der Waals surface area contributed by atoms with E-state index in [-0.39, 0.29) is 11.3 Å². The third-order valence-electron chi connectivity index (χ3n) is 2.24. The Morgan fingerprint density at radius 1 is 1.60 bits per heavy atom. The van der Waals surface area contributed by atoms with E-state index in [0.29, 0.717) is 21.4 Å². The summed E-state index contributed by atoms with van der Waals surface area (Å²) in [5.74, 6) is -0.0763. The van der Waals surface area contributed by atoms with E-state index in [1.807, 2.05) is 0 Å². The number of ketones is 1. The zero-order chi connectivity index (χ0) is 11.2. The Kier molecular flexibility index (Phi) is 2.22. The van der Waals surface area contributed by atoms with E-state index in [1.165, 1.54) is 17.6 Å². The number of carbonyl (C=O) groups is 1. The summed E-state index contributed by atoms with van der Waals surface area (Å²) in [6, 6.07) is 0. The number of fused-ring (bicyclic) bond motifs is 1. The molecule has 2 aromatic heterocycles. The number of carbonyl (C=O) groups excluding carboxylic acids is 1. The van der Waals surface area contributed by atoms with Crippen LogP contribution in [0.3, 0.4) is 0 Å². The number of nitrogens with zero attached hydrogens (tertiary/aromatic N) is 2.